The minimum Gasteiger partial charge on any atom is -0.457 e. The van der Waals surface area contributed by atoms with Gasteiger partial charge in [-0.2, -0.15) is 17.5 Å². The maximum absolute atomic E-state index is 13.1. The number of carbonyl (C=O) groups excluding carboxylic acids is 1. The Bertz CT molecular complexity index is 1760. The predicted octanol–water partition coefficient (Wildman–Crippen LogP) is 7.09. The number of rotatable bonds is 7. The molecule has 5 rings (SSSR count). The van der Waals surface area contributed by atoms with Crippen molar-refractivity contribution >= 4 is 45.0 Å². The number of sulfonamides is 1. The van der Waals surface area contributed by atoms with Crippen LogP contribution in [0.5, 0.6) is 0 Å². The molecule has 1 saturated heterocycles. The minimum absolute atomic E-state index is 0.229. The molecular weight excluding hydrogens is 603 g/mol. The summed E-state index contributed by atoms with van der Waals surface area (Å²) in [6.07, 6.45) is -1.83. The monoisotopic (exact) mass is 629 g/mol. The molecule has 224 valence electrons. The summed E-state index contributed by atoms with van der Waals surface area (Å²) in [7, 11) is -3.65. The first-order valence-corrected chi connectivity index (χ1v) is 15.1. The third kappa shape index (κ3) is 6.96. The second kappa shape index (κ2) is 12.3. The van der Waals surface area contributed by atoms with Crippen molar-refractivity contribution < 1.29 is 30.8 Å². The molecule has 1 N–H and O–H groups in total. The average molecular weight is 630 g/mol. The molecule has 0 spiro atoms. The standard InChI is InChI=1S/C31H27ClF3N3O4S/c1-21-8-12-25(13-9-21)43(40,41)38-18-16-37(17-19-38)30-26(32)6-3-7-27(30)36-29(39)15-11-24-10-14-28(42-24)22-4-2-5-23(20-22)31(33,34)35/h2-15,20H,16-19H2,1H3,(H,36,39)/b15-11+. The SMILES string of the molecule is Cc1ccc(S(=O)(=O)N2CCN(c3c(Cl)cccc3NC(=O)/C=C/c3ccc(-c4cccc(C(F)(F)F)c4)o3)CC2)cc1. The van der Waals surface area contributed by atoms with Crippen molar-refractivity contribution in [2.45, 2.75) is 18.0 Å². The summed E-state index contributed by atoms with van der Waals surface area (Å²) in [6, 6.07) is 19.7. The summed E-state index contributed by atoms with van der Waals surface area (Å²) in [5.74, 6) is 0.0210. The zero-order chi connectivity index (χ0) is 30.8. The fourth-order valence-electron chi connectivity index (χ4n) is 4.73. The molecule has 2 heterocycles. The molecule has 0 unspecified atom stereocenters. The van der Waals surface area contributed by atoms with E-state index in [1.165, 1.54) is 34.7 Å². The normalized spacial score (nSPS) is 14.8. The number of hydrogen-bond acceptors (Lipinski definition) is 5. The highest BCUT2D eigenvalue weighted by molar-refractivity contribution is 7.89. The van der Waals surface area contributed by atoms with Gasteiger partial charge in [0.1, 0.15) is 11.5 Å². The maximum Gasteiger partial charge on any atom is 0.416 e. The Morgan fingerprint density at radius 1 is 0.953 bits per heavy atom. The smallest absolute Gasteiger partial charge is 0.416 e. The van der Waals surface area contributed by atoms with Crippen molar-refractivity contribution in [1.29, 1.82) is 0 Å². The van der Waals surface area contributed by atoms with Crippen LogP contribution in [-0.4, -0.2) is 44.8 Å². The van der Waals surface area contributed by atoms with Gasteiger partial charge in [0.2, 0.25) is 15.9 Å². The highest BCUT2D eigenvalue weighted by atomic mass is 35.5. The van der Waals surface area contributed by atoms with Gasteiger partial charge in [0, 0.05) is 37.8 Å². The summed E-state index contributed by atoms with van der Waals surface area (Å²) >= 11 is 6.53. The second-order valence-corrected chi connectivity index (χ2v) is 12.3. The molecule has 1 aliphatic heterocycles. The van der Waals surface area contributed by atoms with Gasteiger partial charge in [-0.25, -0.2) is 8.42 Å². The average Bonchev–Trinajstić information content (AvgIpc) is 3.46. The van der Waals surface area contributed by atoms with E-state index in [0.717, 1.165) is 17.7 Å². The highest BCUT2D eigenvalue weighted by Gasteiger charge is 2.31. The van der Waals surface area contributed by atoms with Crippen LogP contribution in [0.1, 0.15) is 16.9 Å². The molecule has 1 amide bonds. The molecule has 12 heteroatoms. The maximum atomic E-state index is 13.1. The summed E-state index contributed by atoms with van der Waals surface area (Å²) in [4.78, 5) is 15.0. The van der Waals surface area contributed by atoms with Gasteiger partial charge in [-0.3, -0.25) is 4.79 Å². The molecule has 0 aliphatic carbocycles. The summed E-state index contributed by atoms with van der Waals surface area (Å²) in [5.41, 5.74) is 1.46. The van der Waals surface area contributed by atoms with Crippen LogP contribution in [-0.2, 0) is 21.0 Å². The van der Waals surface area contributed by atoms with Gasteiger partial charge in [-0.05, 0) is 61.5 Å². The number of amides is 1. The lowest BCUT2D eigenvalue weighted by Gasteiger charge is -2.36. The third-order valence-electron chi connectivity index (χ3n) is 6.96. The molecule has 0 atom stereocenters. The van der Waals surface area contributed by atoms with Gasteiger partial charge >= 0.3 is 6.18 Å². The first-order valence-electron chi connectivity index (χ1n) is 13.3. The fraction of sp³-hybridized carbons (Fsp3) is 0.194. The van der Waals surface area contributed by atoms with Crippen molar-refractivity contribution in [1.82, 2.24) is 4.31 Å². The van der Waals surface area contributed by atoms with Gasteiger partial charge in [-0.1, -0.05) is 47.5 Å². The van der Waals surface area contributed by atoms with Gasteiger partial charge < -0.3 is 14.6 Å². The lowest BCUT2D eigenvalue weighted by atomic mass is 10.1. The second-order valence-electron chi connectivity index (χ2n) is 9.94. The minimum atomic E-state index is -4.48. The summed E-state index contributed by atoms with van der Waals surface area (Å²) in [6.45, 7) is 3.08. The lowest BCUT2D eigenvalue weighted by Crippen LogP contribution is -2.49. The molecule has 4 aromatic rings. The number of alkyl halides is 3. The molecule has 3 aromatic carbocycles. The Hall–Kier alpha value is -4.06. The number of hydrogen-bond donors (Lipinski definition) is 1. The van der Waals surface area contributed by atoms with Crippen LogP contribution < -0.4 is 10.2 Å². The number of nitrogens with zero attached hydrogens (tertiary/aromatic N) is 2. The highest BCUT2D eigenvalue weighted by Crippen LogP contribution is 2.36. The van der Waals surface area contributed by atoms with E-state index in [0.29, 0.717) is 29.5 Å². The Kier molecular flexibility index (Phi) is 8.68. The molecular formula is C31H27ClF3N3O4S. The van der Waals surface area contributed by atoms with Crippen molar-refractivity contribution in [2.75, 3.05) is 36.4 Å². The first-order chi connectivity index (χ1) is 20.4. The van der Waals surface area contributed by atoms with Crippen LogP contribution in [0.4, 0.5) is 24.5 Å². The van der Waals surface area contributed by atoms with E-state index < -0.39 is 27.7 Å². The van der Waals surface area contributed by atoms with E-state index in [9.17, 15) is 26.4 Å². The Morgan fingerprint density at radius 2 is 1.65 bits per heavy atom. The van der Waals surface area contributed by atoms with Crippen LogP contribution in [0.2, 0.25) is 5.02 Å². The lowest BCUT2D eigenvalue weighted by molar-refractivity contribution is -0.137. The van der Waals surface area contributed by atoms with Crippen LogP contribution in [0.25, 0.3) is 17.4 Å². The van der Waals surface area contributed by atoms with Crippen molar-refractivity contribution in [2.24, 2.45) is 0 Å². The van der Waals surface area contributed by atoms with E-state index in [-0.39, 0.29) is 35.1 Å². The number of benzene rings is 3. The van der Waals surface area contributed by atoms with Crippen molar-refractivity contribution in [3.8, 4) is 11.3 Å². The molecule has 43 heavy (non-hydrogen) atoms. The molecule has 7 nitrogen and oxygen atoms in total. The number of anilines is 2. The summed E-state index contributed by atoms with van der Waals surface area (Å²) in [5, 5.41) is 3.20. The van der Waals surface area contributed by atoms with E-state index in [2.05, 4.69) is 5.32 Å². The number of nitrogens with one attached hydrogen (secondary N) is 1. The van der Waals surface area contributed by atoms with Crippen LogP contribution in [0.15, 0.2) is 94.3 Å². The largest absolute Gasteiger partial charge is 0.457 e. The van der Waals surface area contributed by atoms with E-state index >= 15 is 0 Å². The van der Waals surface area contributed by atoms with Crippen LogP contribution in [0, 0.1) is 6.92 Å². The Morgan fingerprint density at radius 3 is 2.35 bits per heavy atom. The number of furan rings is 1. The zero-order valence-electron chi connectivity index (χ0n) is 22.9. The number of para-hydroxylation sites is 1. The van der Waals surface area contributed by atoms with E-state index in [1.54, 1.807) is 48.5 Å². The predicted molar refractivity (Wildman–Crippen MR) is 160 cm³/mol. The van der Waals surface area contributed by atoms with E-state index in [4.69, 9.17) is 16.0 Å². The van der Waals surface area contributed by atoms with Crippen molar-refractivity contribution in [3.05, 3.63) is 107 Å². The molecule has 0 bridgehead atoms. The Balaban J connectivity index is 1.25. The van der Waals surface area contributed by atoms with Crippen LogP contribution >= 0.6 is 11.6 Å². The number of piperazine rings is 1. The Labute approximate surface area is 252 Å². The van der Waals surface area contributed by atoms with Crippen molar-refractivity contribution in [3.63, 3.8) is 0 Å². The fourth-order valence-corrected chi connectivity index (χ4v) is 6.44. The number of halogens is 4. The van der Waals surface area contributed by atoms with E-state index in [1.807, 2.05) is 11.8 Å². The molecule has 1 fully saturated rings. The van der Waals surface area contributed by atoms with Gasteiger partial charge in [0.05, 0.1) is 26.9 Å². The van der Waals surface area contributed by atoms with Crippen LogP contribution in [0.3, 0.4) is 0 Å². The van der Waals surface area contributed by atoms with Gasteiger partial charge in [-0.15, -0.1) is 0 Å². The van der Waals surface area contributed by atoms with Gasteiger partial charge in [0.25, 0.3) is 0 Å². The quantitative estimate of drug-likeness (QED) is 0.221. The zero-order valence-corrected chi connectivity index (χ0v) is 24.5. The van der Waals surface area contributed by atoms with Gasteiger partial charge in [0.15, 0.2) is 0 Å². The summed E-state index contributed by atoms with van der Waals surface area (Å²) < 4.78 is 72.5. The third-order valence-corrected chi connectivity index (χ3v) is 9.18. The molecule has 1 aromatic heterocycles. The number of aryl methyl sites for hydroxylation is 1. The number of carbonyl (C=O) groups is 1. The molecule has 0 saturated carbocycles. The topological polar surface area (TPSA) is 82.9 Å². The molecule has 0 radical (unpaired) electrons. The first kappa shape index (κ1) is 30.4. The molecule has 1 aliphatic rings.